The number of aliphatic hydroxyl groups is 1. The number of allylic oxidation sites excluding steroid dienone is 1. The fourth-order valence-electron chi connectivity index (χ4n) is 3.05. The average molecular weight is 310 g/mol. The molecule has 1 N–H and O–H groups in total. The fourth-order valence-corrected chi connectivity index (χ4v) is 3.05. The summed E-state index contributed by atoms with van der Waals surface area (Å²) in [4.78, 5) is 24.0. The van der Waals surface area contributed by atoms with Gasteiger partial charge in [0.2, 0.25) is 0 Å². The molecule has 0 aromatic heterocycles. The molecule has 0 spiro atoms. The molecule has 1 aliphatic heterocycles. The number of amides is 2. The third kappa shape index (κ3) is 5.65. The SMILES string of the molecule is CCCCCCCCCCC=C[N+]1(CCO)C(=O)CCC1=O. The van der Waals surface area contributed by atoms with Gasteiger partial charge in [0.15, 0.2) is 0 Å². The maximum Gasteiger partial charge on any atom is 0.326 e. The van der Waals surface area contributed by atoms with Crippen molar-refractivity contribution in [3.63, 3.8) is 0 Å². The lowest BCUT2D eigenvalue weighted by atomic mass is 10.1. The van der Waals surface area contributed by atoms with Gasteiger partial charge in [-0.3, -0.25) is 0 Å². The third-order valence-electron chi connectivity index (χ3n) is 4.48. The van der Waals surface area contributed by atoms with Crippen LogP contribution in [0, 0.1) is 0 Å². The van der Waals surface area contributed by atoms with Crippen LogP contribution in [0.1, 0.15) is 77.6 Å². The lowest BCUT2D eigenvalue weighted by molar-refractivity contribution is -0.720. The smallest absolute Gasteiger partial charge is 0.326 e. The molecule has 1 aliphatic rings. The van der Waals surface area contributed by atoms with Gasteiger partial charge in [-0.25, -0.2) is 9.59 Å². The summed E-state index contributed by atoms with van der Waals surface area (Å²) >= 11 is 0. The first kappa shape index (κ1) is 19.0. The number of carbonyl (C=O) groups excluding carboxylic acids is 2. The van der Waals surface area contributed by atoms with Crippen molar-refractivity contribution in [2.24, 2.45) is 0 Å². The molecule has 1 rings (SSSR count). The van der Waals surface area contributed by atoms with Gasteiger partial charge < -0.3 is 5.11 Å². The molecule has 126 valence electrons. The van der Waals surface area contributed by atoms with Crippen LogP contribution in [0.4, 0.5) is 0 Å². The molecule has 0 atom stereocenters. The number of quaternary nitrogens is 1. The van der Waals surface area contributed by atoms with Crippen LogP contribution in [-0.2, 0) is 9.59 Å². The van der Waals surface area contributed by atoms with Gasteiger partial charge >= 0.3 is 11.8 Å². The quantitative estimate of drug-likeness (QED) is 0.340. The molecule has 1 fully saturated rings. The van der Waals surface area contributed by atoms with Crippen LogP contribution in [0.15, 0.2) is 12.3 Å². The summed E-state index contributed by atoms with van der Waals surface area (Å²) in [6.07, 6.45) is 15.4. The highest BCUT2D eigenvalue weighted by molar-refractivity contribution is 5.92. The van der Waals surface area contributed by atoms with E-state index in [1.165, 1.54) is 44.9 Å². The van der Waals surface area contributed by atoms with Crippen LogP contribution >= 0.6 is 0 Å². The second-order valence-electron chi connectivity index (χ2n) is 6.25. The number of hydrogen-bond donors (Lipinski definition) is 1. The monoisotopic (exact) mass is 310 g/mol. The molecule has 1 saturated heterocycles. The Hall–Kier alpha value is -1.00. The summed E-state index contributed by atoms with van der Waals surface area (Å²) < 4.78 is -0.270. The number of likely N-dealkylation sites (tertiary alicyclic amines) is 1. The summed E-state index contributed by atoms with van der Waals surface area (Å²) in [5.41, 5.74) is 0. The van der Waals surface area contributed by atoms with Crippen molar-refractivity contribution in [3.05, 3.63) is 12.3 Å². The molecular weight excluding hydrogens is 278 g/mol. The molecule has 0 aromatic carbocycles. The Morgan fingerprint density at radius 3 is 2.05 bits per heavy atom. The van der Waals surface area contributed by atoms with E-state index in [1.54, 1.807) is 6.20 Å². The fraction of sp³-hybridized carbons (Fsp3) is 0.778. The average Bonchev–Trinajstić information content (AvgIpc) is 2.78. The molecule has 0 saturated carbocycles. The summed E-state index contributed by atoms with van der Waals surface area (Å²) in [5.74, 6) is -0.155. The summed E-state index contributed by atoms with van der Waals surface area (Å²) in [7, 11) is 0. The van der Waals surface area contributed by atoms with Crippen molar-refractivity contribution >= 4 is 11.8 Å². The van der Waals surface area contributed by atoms with Gasteiger partial charge in [-0.1, -0.05) is 51.9 Å². The van der Waals surface area contributed by atoms with Crippen molar-refractivity contribution in [2.45, 2.75) is 77.6 Å². The van der Waals surface area contributed by atoms with Crippen LogP contribution in [-0.4, -0.2) is 34.6 Å². The Balaban J connectivity index is 2.23. The maximum absolute atomic E-state index is 12.0. The first-order valence-electron chi connectivity index (χ1n) is 8.90. The van der Waals surface area contributed by atoms with Crippen molar-refractivity contribution in [1.29, 1.82) is 0 Å². The number of imide groups is 1. The van der Waals surface area contributed by atoms with Crippen LogP contribution in [0.2, 0.25) is 0 Å². The van der Waals surface area contributed by atoms with Crippen molar-refractivity contribution in [2.75, 3.05) is 13.2 Å². The molecule has 2 amide bonds. The van der Waals surface area contributed by atoms with E-state index in [1.807, 2.05) is 6.08 Å². The Morgan fingerprint density at radius 2 is 1.50 bits per heavy atom. The molecule has 4 heteroatoms. The van der Waals surface area contributed by atoms with Gasteiger partial charge in [-0.05, 0) is 18.9 Å². The van der Waals surface area contributed by atoms with Crippen molar-refractivity contribution in [1.82, 2.24) is 0 Å². The van der Waals surface area contributed by atoms with Gasteiger partial charge in [-0.2, -0.15) is 4.48 Å². The molecule has 0 aromatic rings. The number of rotatable bonds is 12. The predicted molar refractivity (Wildman–Crippen MR) is 87.8 cm³/mol. The second-order valence-corrected chi connectivity index (χ2v) is 6.25. The van der Waals surface area contributed by atoms with Crippen LogP contribution < -0.4 is 0 Å². The number of carbonyl (C=O) groups is 2. The number of hydrogen-bond acceptors (Lipinski definition) is 3. The summed E-state index contributed by atoms with van der Waals surface area (Å²) in [6.45, 7) is 2.28. The first-order chi connectivity index (χ1) is 10.7. The topological polar surface area (TPSA) is 54.4 Å². The summed E-state index contributed by atoms with van der Waals surface area (Å²) in [6, 6.07) is 0. The van der Waals surface area contributed by atoms with E-state index in [4.69, 9.17) is 5.11 Å². The minimum absolute atomic E-state index is 0.0776. The third-order valence-corrected chi connectivity index (χ3v) is 4.48. The highest BCUT2D eigenvalue weighted by Gasteiger charge is 2.47. The summed E-state index contributed by atoms with van der Waals surface area (Å²) in [5, 5.41) is 9.13. The van der Waals surface area contributed by atoms with Gasteiger partial charge in [0.25, 0.3) is 0 Å². The van der Waals surface area contributed by atoms with Crippen LogP contribution in [0.3, 0.4) is 0 Å². The van der Waals surface area contributed by atoms with E-state index in [0.717, 1.165) is 12.8 Å². The van der Waals surface area contributed by atoms with Crippen molar-refractivity contribution < 1.29 is 19.2 Å². The van der Waals surface area contributed by atoms with E-state index < -0.39 is 0 Å². The van der Waals surface area contributed by atoms with E-state index in [-0.39, 0.29) is 29.4 Å². The van der Waals surface area contributed by atoms with E-state index in [2.05, 4.69) is 6.92 Å². The first-order valence-corrected chi connectivity index (χ1v) is 8.90. The molecule has 0 aliphatic carbocycles. The lowest BCUT2D eigenvalue weighted by Crippen LogP contribution is -2.49. The maximum atomic E-state index is 12.0. The lowest BCUT2D eigenvalue weighted by Gasteiger charge is -2.23. The molecule has 22 heavy (non-hydrogen) atoms. The molecule has 1 heterocycles. The minimum atomic E-state index is -0.270. The second kappa shape index (κ2) is 10.7. The zero-order valence-electron chi connectivity index (χ0n) is 14.1. The molecule has 0 bridgehead atoms. The van der Waals surface area contributed by atoms with Gasteiger partial charge in [-0.15, -0.1) is 0 Å². The standard InChI is InChI=1S/C18H32NO3/c1-2-3-4-5-6-7-8-9-10-11-14-19(15-16-20)17(21)12-13-18(19)22/h11,14,20H,2-10,12-13,15-16H2,1H3/q+1. The molecule has 0 radical (unpaired) electrons. The van der Waals surface area contributed by atoms with E-state index >= 15 is 0 Å². The Labute approximate surface area is 134 Å². The zero-order chi connectivity index (χ0) is 16.3. The van der Waals surface area contributed by atoms with Crippen molar-refractivity contribution in [3.8, 4) is 0 Å². The molecule has 4 nitrogen and oxygen atoms in total. The number of aliphatic hydroxyl groups excluding tert-OH is 1. The largest absolute Gasteiger partial charge is 0.390 e. The van der Waals surface area contributed by atoms with Gasteiger partial charge in [0.05, 0.1) is 19.4 Å². The Morgan fingerprint density at radius 1 is 0.955 bits per heavy atom. The predicted octanol–water partition coefficient (Wildman–Crippen LogP) is 3.69. The number of unbranched alkanes of at least 4 members (excludes halogenated alkanes) is 8. The highest BCUT2D eigenvalue weighted by Crippen LogP contribution is 2.24. The van der Waals surface area contributed by atoms with Crippen LogP contribution in [0.25, 0.3) is 0 Å². The minimum Gasteiger partial charge on any atom is -0.390 e. The normalized spacial score (nSPS) is 17.7. The zero-order valence-corrected chi connectivity index (χ0v) is 14.1. The molecule has 0 unspecified atom stereocenters. The Kier molecular flexibility index (Phi) is 9.25. The Bertz CT molecular complexity index is 361. The van der Waals surface area contributed by atoms with Gasteiger partial charge in [0, 0.05) is 0 Å². The van der Waals surface area contributed by atoms with Gasteiger partial charge in [0.1, 0.15) is 12.7 Å². The van der Waals surface area contributed by atoms with Crippen LogP contribution in [0.5, 0.6) is 0 Å². The van der Waals surface area contributed by atoms with E-state index in [9.17, 15) is 9.59 Å². The molecular formula is C18H32NO3+. The van der Waals surface area contributed by atoms with E-state index in [0.29, 0.717) is 12.8 Å². The number of nitrogens with zero attached hydrogens (tertiary/aromatic N) is 1. The highest BCUT2D eigenvalue weighted by atomic mass is 16.3.